The lowest BCUT2D eigenvalue weighted by Crippen LogP contribution is -2.45. The van der Waals surface area contributed by atoms with Crippen LogP contribution in [-0.2, 0) is 40.7 Å². The van der Waals surface area contributed by atoms with Gasteiger partial charge in [0.15, 0.2) is 0 Å². The summed E-state index contributed by atoms with van der Waals surface area (Å²) in [5, 5.41) is 6.78. The SMILES string of the molecule is Cc1ccc(S(=O)(=O)N2CCn3cccc3C2CC(=O)NC2CCc3cc(CNCC(C)(C)C)ccc3C2)cc1. The van der Waals surface area contributed by atoms with Crippen LogP contribution >= 0.6 is 0 Å². The van der Waals surface area contributed by atoms with Crippen molar-refractivity contribution in [2.24, 2.45) is 5.41 Å². The van der Waals surface area contributed by atoms with Crippen molar-refractivity contribution >= 4 is 15.9 Å². The van der Waals surface area contributed by atoms with Crippen LogP contribution in [-0.4, -0.2) is 42.3 Å². The van der Waals surface area contributed by atoms with Crippen LogP contribution in [0.3, 0.4) is 0 Å². The highest BCUT2D eigenvalue weighted by Crippen LogP contribution is 2.34. The van der Waals surface area contributed by atoms with Gasteiger partial charge in [0.1, 0.15) is 0 Å². The number of benzene rings is 2. The molecule has 1 amide bonds. The summed E-state index contributed by atoms with van der Waals surface area (Å²) >= 11 is 0. The molecule has 0 bridgehead atoms. The first kappa shape index (κ1) is 28.6. The summed E-state index contributed by atoms with van der Waals surface area (Å²) in [7, 11) is -3.75. The molecular formula is C32H42N4O3S. The van der Waals surface area contributed by atoms with E-state index in [0.717, 1.165) is 43.6 Å². The van der Waals surface area contributed by atoms with Crippen molar-refractivity contribution in [3.63, 3.8) is 0 Å². The van der Waals surface area contributed by atoms with Crippen molar-refractivity contribution in [1.29, 1.82) is 0 Å². The highest BCUT2D eigenvalue weighted by molar-refractivity contribution is 7.89. The molecule has 7 nitrogen and oxygen atoms in total. The Labute approximate surface area is 239 Å². The van der Waals surface area contributed by atoms with Gasteiger partial charge in [-0.1, -0.05) is 56.7 Å². The highest BCUT2D eigenvalue weighted by Gasteiger charge is 2.38. The molecule has 0 fully saturated rings. The van der Waals surface area contributed by atoms with Gasteiger partial charge in [-0.3, -0.25) is 4.79 Å². The molecule has 0 spiro atoms. The number of sulfonamides is 1. The summed E-state index contributed by atoms with van der Waals surface area (Å²) in [5.74, 6) is -0.111. The Kier molecular flexibility index (Phi) is 8.22. The van der Waals surface area contributed by atoms with Gasteiger partial charge >= 0.3 is 0 Å². The third kappa shape index (κ3) is 6.51. The number of aromatic nitrogens is 1. The Morgan fingerprint density at radius 3 is 2.55 bits per heavy atom. The molecule has 5 rings (SSSR count). The molecule has 8 heteroatoms. The summed E-state index contributed by atoms with van der Waals surface area (Å²) in [6, 6.07) is 17.0. The van der Waals surface area contributed by atoms with Gasteiger partial charge < -0.3 is 15.2 Å². The Hall–Kier alpha value is -2.94. The van der Waals surface area contributed by atoms with Crippen LogP contribution in [0.25, 0.3) is 0 Å². The van der Waals surface area contributed by atoms with Crippen LogP contribution in [0.4, 0.5) is 0 Å². The molecule has 1 aliphatic heterocycles. The maximum Gasteiger partial charge on any atom is 0.243 e. The molecule has 2 heterocycles. The average molecular weight is 563 g/mol. The minimum atomic E-state index is -3.75. The predicted octanol–water partition coefficient (Wildman–Crippen LogP) is 4.74. The first-order valence-electron chi connectivity index (χ1n) is 14.3. The van der Waals surface area contributed by atoms with E-state index in [1.807, 2.05) is 37.4 Å². The smallest absolute Gasteiger partial charge is 0.243 e. The fourth-order valence-corrected chi connectivity index (χ4v) is 7.46. The largest absolute Gasteiger partial charge is 0.353 e. The van der Waals surface area contributed by atoms with E-state index in [-0.39, 0.29) is 28.7 Å². The number of hydrogen-bond acceptors (Lipinski definition) is 4. The highest BCUT2D eigenvalue weighted by atomic mass is 32.2. The minimum absolute atomic E-state index is 0.0439. The van der Waals surface area contributed by atoms with Crippen LogP contribution in [0, 0.1) is 12.3 Å². The van der Waals surface area contributed by atoms with Gasteiger partial charge in [0.2, 0.25) is 15.9 Å². The molecular weight excluding hydrogens is 520 g/mol. The summed E-state index contributed by atoms with van der Waals surface area (Å²) < 4.78 is 30.9. The third-order valence-corrected chi connectivity index (χ3v) is 9.89. The van der Waals surface area contributed by atoms with Gasteiger partial charge in [-0.15, -0.1) is 0 Å². The fourth-order valence-electron chi connectivity index (χ4n) is 5.87. The molecule has 1 aliphatic carbocycles. The Morgan fingerprint density at radius 1 is 1.02 bits per heavy atom. The predicted molar refractivity (Wildman–Crippen MR) is 158 cm³/mol. The van der Waals surface area contributed by atoms with Crippen LogP contribution in [0.2, 0.25) is 0 Å². The Bertz CT molecular complexity index is 1450. The second-order valence-corrected chi connectivity index (χ2v) is 14.4. The quantitative estimate of drug-likeness (QED) is 0.416. The first-order chi connectivity index (χ1) is 19.0. The van der Waals surface area contributed by atoms with E-state index >= 15 is 0 Å². The second-order valence-electron chi connectivity index (χ2n) is 12.5. The number of hydrogen-bond donors (Lipinski definition) is 2. The van der Waals surface area contributed by atoms with Gasteiger partial charge in [-0.05, 0) is 72.6 Å². The van der Waals surface area contributed by atoms with E-state index in [1.54, 1.807) is 12.1 Å². The molecule has 0 saturated carbocycles. The van der Waals surface area contributed by atoms with Crippen LogP contribution in [0.1, 0.15) is 67.6 Å². The van der Waals surface area contributed by atoms with Crippen LogP contribution in [0.15, 0.2) is 65.7 Å². The molecule has 0 saturated heterocycles. The minimum Gasteiger partial charge on any atom is -0.353 e. The molecule has 0 radical (unpaired) electrons. The maximum atomic E-state index is 13.7. The Balaban J connectivity index is 1.25. The summed E-state index contributed by atoms with van der Waals surface area (Å²) in [6.07, 6.45) is 4.65. The standard InChI is InChI=1S/C32H42N4O3S/c1-23-7-13-28(14-8-23)40(38,39)36-17-16-35-15-5-6-29(35)30(36)20-31(37)34-27-12-11-25-18-24(9-10-26(25)19-27)21-33-22-32(2,3)4/h5-10,13-15,18,27,30,33H,11-12,16-17,19-22H2,1-4H3,(H,34,37). The topological polar surface area (TPSA) is 83.4 Å². The third-order valence-electron chi connectivity index (χ3n) is 7.97. The molecule has 3 aromatic rings. The van der Waals surface area contributed by atoms with Crippen molar-refractivity contribution in [2.45, 2.75) is 83.4 Å². The second kappa shape index (κ2) is 11.5. The number of carbonyl (C=O) groups excluding carboxylic acids is 1. The van der Waals surface area contributed by atoms with E-state index in [0.29, 0.717) is 13.1 Å². The molecule has 2 unspecified atom stereocenters. The maximum absolute atomic E-state index is 13.7. The number of fused-ring (bicyclic) bond motifs is 2. The molecule has 214 valence electrons. The van der Waals surface area contributed by atoms with Gasteiger partial charge in [0.25, 0.3) is 0 Å². The molecule has 2 N–H and O–H groups in total. The van der Waals surface area contributed by atoms with Gasteiger partial charge in [-0.2, -0.15) is 4.31 Å². The fraction of sp³-hybridized carbons (Fsp3) is 0.469. The van der Waals surface area contributed by atoms with E-state index < -0.39 is 16.1 Å². The zero-order chi connectivity index (χ0) is 28.5. The lowest BCUT2D eigenvalue weighted by atomic mass is 9.87. The number of carbonyl (C=O) groups is 1. The molecule has 2 aliphatic rings. The van der Waals surface area contributed by atoms with Crippen LogP contribution in [0.5, 0.6) is 0 Å². The number of rotatable bonds is 8. The molecule has 40 heavy (non-hydrogen) atoms. The molecule has 1 aromatic heterocycles. The van der Waals surface area contributed by atoms with Gasteiger partial charge in [0.05, 0.1) is 10.9 Å². The summed E-state index contributed by atoms with van der Waals surface area (Å²) in [4.78, 5) is 13.6. The van der Waals surface area contributed by atoms with E-state index in [4.69, 9.17) is 0 Å². The van der Waals surface area contributed by atoms with E-state index in [2.05, 4.69) is 54.2 Å². The molecule has 2 atom stereocenters. The number of amides is 1. The lowest BCUT2D eigenvalue weighted by Gasteiger charge is -2.36. The van der Waals surface area contributed by atoms with Gasteiger partial charge in [0, 0.05) is 50.5 Å². The number of nitrogens with zero attached hydrogens (tertiary/aromatic N) is 2. The van der Waals surface area contributed by atoms with Crippen LogP contribution < -0.4 is 10.6 Å². The van der Waals surface area contributed by atoms with Crippen molar-refractivity contribution in [1.82, 2.24) is 19.5 Å². The van der Waals surface area contributed by atoms with E-state index in [1.165, 1.54) is 21.0 Å². The zero-order valence-corrected chi connectivity index (χ0v) is 24.9. The van der Waals surface area contributed by atoms with E-state index in [9.17, 15) is 13.2 Å². The monoisotopic (exact) mass is 562 g/mol. The van der Waals surface area contributed by atoms with Crippen molar-refractivity contribution in [3.8, 4) is 0 Å². The van der Waals surface area contributed by atoms with Crippen molar-refractivity contribution in [3.05, 3.63) is 88.7 Å². The average Bonchev–Trinajstić information content (AvgIpc) is 3.38. The summed E-state index contributed by atoms with van der Waals surface area (Å²) in [5.41, 5.74) is 6.05. The Morgan fingerprint density at radius 2 is 1.80 bits per heavy atom. The number of aryl methyl sites for hydroxylation is 2. The zero-order valence-electron chi connectivity index (χ0n) is 24.1. The normalized spacial score (nSPS) is 19.6. The number of nitrogens with one attached hydrogen (secondary N) is 2. The summed E-state index contributed by atoms with van der Waals surface area (Å²) in [6.45, 7) is 11.3. The lowest BCUT2D eigenvalue weighted by molar-refractivity contribution is -0.123. The molecule has 2 aromatic carbocycles. The van der Waals surface area contributed by atoms with Crippen molar-refractivity contribution in [2.75, 3.05) is 13.1 Å². The van der Waals surface area contributed by atoms with Gasteiger partial charge in [-0.25, -0.2) is 8.42 Å². The van der Waals surface area contributed by atoms with Crippen molar-refractivity contribution < 1.29 is 13.2 Å². The first-order valence-corrected chi connectivity index (χ1v) is 15.8.